The average Bonchev–Trinajstić information content (AvgIpc) is 3.58. The van der Waals surface area contributed by atoms with Gasteiger partial charge >= 0.3 is 0 Å². The minimum absolute atomic E-state index is 0.257. The van der Waals surface area contributed by atoms with Crippen molar-refractivity contribution >= 4 is 39.5 Å². The van der Waals surface area contributed by atoms with Gasteiger partial charge in [-0.25, -0.2) is 9.97 Å². The Morgan fingerprint density at radius 3 is 2.68 bits per heavy atom. The summed E-state index contributed by atoms with van der Waals surface area (Å²) in [5.41, 5.74) is 2.91. The molecule has 0 saturated carbocycles. The molecule has 0 radical (unpaired) electrons. The van der Waals surface area contributed by atoms with Gasteiger partial charge in [-0.2, -0.15) is 0 Å². The molecule has 2 aromatic heterocycles. The van der Waals surface area contributed by atoms with Crippen molar-refractivity contribution in [1.29, 1.82) is 0 Å². The number of hydrogen-bond donors (Lipinski definition) is 1. The molecule has 6 rings (SSSR count). The number of methoxy groups -OCH3 is 1. The van der Waals surface area contributed by atoms with Crippen LogP contribution in [-0.4, -0.2) is 64.8 Å². The van der Waals surface area contributed by atoms with Crippen LogP contribution in [0.25, 0.3) is 16.5 Å². The minimum Gasteiger partial charge on any atom is -0.493 e. The summed E-state index contributed by atoms with van der Waals surface area (Å²) in [5.74, 6) is 1.67. The second-order valence-corrected chi connectivity index (χ2v) is 10.6. The highest BCUT2D eigenvalue weighted by atomic mass is 16.5. The third-order valence-electron chi connectivity index (χ3n) is 7.61. The fourth-order valence-corrected chi connectivity index (χ4v) is 5.35. The zero-order valence-electron chi connectivity index (χ0n) is 24.5. The Labute approximate surface area is 255 Å². The second-order valence-electron chi connectivity index (χ2n) is 10.6. The molecule has 0 spiro atoms. The van der Waals surface area contributed by atoms with E-state index in [0.717, 1.165) is 31.6 Å². The number of ketones is 2. The van der Waals surface area contributed by atoms with E-state index in [1.54, 1.807) is 37.7 Å². The van der Waals surface area contributed by atoms with Crippen LogP contribution in [0.3, 0.4) is 0 Å². The summed E-state index contributed by atoms with van der Waals surface area (Å²) >= 11 is 0. The molecule has 1 N–H and O–H groups in total. The summed E-state index contributed by atoms with van der Waals surface area (Å²) in [4.78, 5) is 40.7. The van der Waals surface area contributed by atoms with Gasteiger partial charge in [-0.05, 0) is 80.9 Å². The van der Waals surface area contributed by atoms with Gasteiger partial charge in [0, 0.05) is 52.8 Å². The first-order valence-electron chi connectivity index (χ1n) is 14.7. The monoisotopic (exact) mass is 591 g/mol. The van der Waals surface area contributed by atoms with Crippen LogP contribution < -0.4 is 19.5 Å². The van der Waals surface area contributed by atoms with Crippen molar-refractivity contribution in [1.82, 2.24) is 19.9 Å². The summed E-state index contributed by atoms with van der Waals surface area (Å²) in [6.07, 6.45) is 12.2. The molecule has 1 aliphatic heterocycles. The molecule has 3 heterocycles. The van der Waals surface area contributed by atoms with E-state index in [1.165, 1.54) is 37.4 Å². The molecule has 224 valence electrons. The third-order valence-corrected chi connectivity index (χ3v) is 7.61. The van der Waals surface area contributed by atoms with Gasteiger partial charge in [0.2, 0.25) is 0 Å². The zero-order chi connectivity index (χ0) is 30.3. The van der Waals surface area contributed by atoms with E-state index in [-0.39, 0.29) is 17.1 Å². The topological polar surface area (TPSA) is 116 Å². The van der Waals surface area contributed by atoms with E-state index < -0.39 is 0 Å². The molecule has 4 aromatic rings. The van der Waals surface area contributed by atoms with E-state index in [4.69, 9.17) is 14.2 Å². The summed E-state index contributed by atoms with van der Waals surface area (Å²) in [5, 5.41) is 4.06. The Morgan fingerprint density at radius 2 is 1.86 bits per heavy atom. The lowest BCUT2D eigenvalue weighted by Crippen LogP contribution is -2.21. The molecule has 1 saturated heterocycles. The number of allylic oxidation sites excluding steroid dienone is 4. The number of carbonyl (C=O) groups is 2. The molecule has 2 aromatic carbocycles. The van der Waals surface area contributed by atoms with Crippen LogP contribution in [0, 0.1) is 0 Å². The van der Waals surface area contributed by atoms with Gasteiger partial charge in [-0.3, -0.25) is 14.6 Å². The number of likely N-dealkylation sites (tertiary alicyclic amines) is 1. The van der Waals surface area contributed by atoms with E-state index in [0.29, 0.717) is 58.4 Å². The quantitative estimate of drug-likeness (QED) is 0.172. The molecular formula is C34H33N5O5. The van der Waals surface area contributed by atoms with Crippen molar-refractivity contribution in [3.63, 3.8) is 0 Å². The fraction of sp³-hybridized carbons (Fsp3) is 0.265. The molecule has 0 atom stereocenters. The molecule has 0 unspecified atom stereocenters. The third kappa shape index (κ3) is 6.76. The molecular weight excluding hydrogens is 558 g/mol. The highest BCUT2D eigenvalue weighted by Crippen LogP contribution is 2.37. The molecule has 0 bridgehead atoms. The first-order chi connectivity index (χ1) is 21.6. The Kier molecular flexibility index (Phi) is 8.88. The second kappa shape index (κ2) is 13.5. The van der Waals surface area contributed by atoms with Gasteiger partial charge in [0.15, 0.2) is 23.1 Å². The van der Waals surface area contributed by atoms with Gasteiger partial charge in [0.05, 0.1) is 19.2 Å². The first kappa shape index (κ1) is 29.0. The van der Waals surface area contributed by atoms with Gasteiger partial charge in [0.25, 0.3) is 0 Å². The number of nitrogens with zero attached hydrogens (tertiary/aromatic N) is 4. The summed E-state index contributed by atoms with van der Waals surface area (Å²) in [6, 6.07) is 12.8. The molecule has 2 aliphatic rings. The summed E-state index contributed by atoms with van der Waals surface area (Å²) < 4.78 is 17.8. The molecule has 10 heteroatoms. The van der Waals surface area contributed by atoms with E-state index >= 15 is 0 Å². The summed E-state index contributed by atoms with van der Waals surface area (Å²) in [7, 11) is 1.60. The van der Waals surface area contributed by atoms with Crippen LogP contribution in [0.5, 0.6) is 17.2 Å². The van der Waals surface area contributed by atoms with Crippen LogP contribution in [-0.2, 0) is 16.2 Å². The number of carbonyl (C=O) groups excluding carboxylic acids is 2. The maximum Gasteiger partial charge on any atom is 0.186 e. The van der Waals surface area contributed by atoms with Crippen LogP contribution in [0.15, 0.2) is 79.4 Å². The van der Waals surface area contributed by atoms with Crippen molar-refractivity contribution in [2.45, 2.75) is 25.9 Å². The van der Waals surface area contributed by atoms with Gasteiger partial charge < -0.3 is 24.4 Å². The predicted molar refractivity (Wildman–Crippen MR) is 167 cm³/mol. The van der Waals surface area contributed by atoms with E-state index in [1.807, 2.05) is 24.3 Å². The minimum atomic E-state index is -0.280. The predicted octanol–water partition coefficient (Wildman–Crippen LogP) is 5.31. The average molecular weight is 592 g/mol. The number of anilines is 2. The first-order valence-corrected chi connectivity index (χ1v) is 14.7. The molecule has 1 aliphatic carbocycles. The number of ether oxygens (including phenoxy) is 3. The van der Waals surface area contributed by atoms with Crippen molar-refractivity contribution in [3.05, 3.63) is 90.5 Å². The Balaban J connectivity index is 1.27. The molecule has 44 heavy (non-hydrogen) atoms. The number of pyridine rings is 1. The number of fused-ring (bicyclic) bond motifs is 1. The van der Waals surface area contributed by atoms with Crippen LogP contribution >= 0.6 is 0 Å². The number of hydrogen-bond acceptors (Lipinski definition) is 10. The maximum absolute atomic E-state index is 12.9. The van der Waals surface area contributed by atoms with Crippen LogP contribution in [0.1, 0.15) is 30.4 Å². The standard InChI is InChI=1S/C34H33N5O5/c1-42-32-18-28-30(19-33(32)43-15-5-14-39-12-2-3-13-39)36-22-37-34(28)38-29-9-8-25(44-21-23-6-4-11-35-20-23)17-26(29)27-16-24(40)7-10-31(27)41/h4,6-11,16-20,22H,2-3,5,12-15,21H2,1H3,(H,36,37,38). The van der Waals surface area contributed by atoms with Gasteiger partial charge in [-0.1, -0.05) is 6.07 Å². The molecule has 10 nitrogen and oxygen atoms in total. The number of nitrogens with one attached hydrogen (secondary N) is 1. The highest BCUT2D eigenvalue weighted by Gasteiger charge is 2.21. The lowest BCUT2D eigenvalue weighted by Gasteiger charge is -2.18. The summed E-state index contributed by atoms with van der Waals surface area (Å²) in [6.45, 7) is 4.21. The van der Waals surface area contributed by atoms with E-state index in [9.17, 15) is 9.59 Å². The Bertz CT molecular complexity index is 1730. The van der Waals surface area contributed by atoms with Crippen molar-refractivity contribution in [2.24, 2.45) is 0 Å². The zero-order valence-corrected chi connectivity index (χ0v) is 24.5. The largest absolute Gasteiger partial charge is 0.493 e. The van der Waals surface area contributed by atoms with E-state index in [2.05, 4.69) is 25.2 Å². The lowest BCUT2D eigenvalue weighted by atomic mass is 9.94. The van der Waals surface area contributed by atoms with Gasteiger partial charge in [-0.15, -0.1) is 0 Å². The Morgan fingerprint density at radius 1 is 0.977 bits per heavy atom. The SMILES string of the molecule is COc1cc2c(Nc3ccc(OCc4cccnc4)cc3C3=CC(=O)C=CC3=O)ncnc2cc1OCCCN1CCCC1. The number of benzene rings is 2. The fourth-order valence-electron chi connectivity index (χ4n) is 5.35. The Hall–Kier alpha value is -5.09. The van der Waals surface area contributed by atoms with Crippen LogP contribution in [0.2, 0.25) is 0 Å². The normalized spacial score (nSPS) is 15.0. The molecule has 0 amide bonds. The lowest BCUT2D eigenvalue weighted by molar-refractivity contribution is -0.113. The van der Waals surface area contributed by atoms with Crippen molar-refractivity contribution in [3.8, 4) is 17.2 Å². The van der Waals surface area contributed by atoms with Crippen molar-refractivity contribution < 1.29 is 23.8 Å². The van der Waals surface area contributed by atoms with Crippen molar-refractivity contribution in [2.75, 3.05) is 38.7 Å². The number of rotatable bonds is 12. The number of aromatic nitrogens is 3. The van der Waals surface area contributed by atoms with Crippen LogP contribution in [0.4, 0.5) is 11.5 Å². The molecule has 1 fully saturated rings. The smallest absolute Gasteiger partial charge is 0.186 e. The van der Waals surface area contributed by atoms with Gasteiger partial charge in [0.1, 0.15) is 24.5 Å². The maximum atomic E-state index is 12.9. The highest BCUT2D eigenvalue weighted by molar-refractivity contribution is 6.34.